The number of hydrogen-bond acceptors (Lipinski definition) is 4. The first-order valence-corrected chi connectivity index (χ1v) is 9.49. The zero-order valence-corrected chi connectivity index (χ0v) is 16.3. The molecule has 3 aromatic rings. The number of carbonyl (C=O) groups excluding carboxylic acids is 1. The van der Waals surface area contributed by atoms with Crippen LogP contribution in [-0.4, -0.2) is 35.0 Å². The minimum atomic E-state index is -0.517. The first kappa shape index (κ1) is 19.1. The molecule has 150 valence electrons. The molecule has 1 unspecified atom stereocenters. The van der Waals surface area contributed by atoms with Gasteiger partial charge in [-0.3, -0.25) is 4.79 Å². The van der Waals surface area contributed by atoms with Crippen molar-refractivity contribution in [1.29, 1.82) is 0 Å². The Kier molecular flexibility index (Phi) is 5.31. The molecule has 29 heavy (non-hydrogen) atoms. The number of carbonyl (C=O) groups is 1. The van der Waals surface area contributed by atoms with E-state index in [2.05, 4.69) is 10.4 Å². The van der Waals surface area contributed by atoms with E-state index in [4.69, 9.17) is 9.47 Å². The van der Waals surface area contributed by atoms with Crippen molar-refractivity contribution < 1.29 is 18.7 Å². The highest BCUT2D eigenvalue weighted by atomic mass is 19.1. The molecule has 1 aliphatic rings. The molecule has 1 amide bonds. The predicted molar refractivity (Wildman–Crippen MR) is 107 cm³/mol. The van der Waals surface area contributed by atoms with E-state index in [9.17, 15) is 9.18 Å². The molecule has 2 heterocycles. The van der Waals surface area contributed by atoms with Crippen molar-refractivity contribution in [1.82, 2.24) is 9.78 Å². The van der Waals surface area contributed by atoms with Crippen LogP contribution in [0.2, 0.25) is 0 Å². The number of aromatic nitrogens is 2. The number of ether oxygens (including phenoxy) is 2. The summed E-state index contributed by atoms with van der Waals surface area (Å²) in [6.07, 6.45) is 0.770. The fourth-order valence-corrected chi connectivity index (χ4v) is 3.35. The molecule has 0 saturated carbocycles. The Morgan fingerprint density at radius 3 is 2.76 bits per heavy atom. The van der Waals surface area contributed by atoms with Crippen LogP contribution in [0, 0.1) is 19.7 Å². The number of amides is 1. The van der Waals surface area contributed by atoms with Gasteiger partial charge in [-0.05, 0) is 50.2 Å². The molecule has 1 aromatic heterocycles. The summed E-state index contributed by atoms with van der Waals surface area (Å²) in [4.78, 5) is 12.7. The van der Waals surface area contributed by atoms with Gasteiger partial charge in [0.1, 0.15) is 23.4 Å². The van der Waals surface area contributed by atoms with Crippen molar-refractivity contribution in [3.05, 3.63) is 71.3 Å². The number of anilines is 1. The predicted octanol–water partition coefficient (Wildman–Crippen LogP) is 4.05. The maximum Gasteiger partial charge on any atom is 0.255 e. The van der Waals surface area contributed by atoms with Crippen LogP contribution in [0.4, 0.5) is 10.1 Å². The first-order valence-electron chi connectivity index (χ1n) is 9.49. The number of benzene rings is 2. The summed E-state index contributed by atoms with van der Waals surface area (Å²) in [6, 6.07) is 13.4. The zero-order chi connectivity index (χ0) is 20.4. The molecule has 1 aliphatic heterocycles. The Labute approximate surface area is 168 Å². The van der Waals surface area contributed by atoms with Gasteiger partial charge in [0.2, 0.25) is 0 Å². The molecular formula is C22H22FN3O3. The Morgan fingerprint density at radius 1 is 1.24 bits per heavy atom. The van der Waals surface area contributed by atoms with Crippen LogP contribution in [0.3, 0.4) is 0 Å². The Bertz CT molecular complexity index is 1040. The molecule has 1 fully saturated rings. The Hall–Kier alpha value is -3.19. The van der Waals surface area contributed by atoms with Crippen LogP contribution >= 0.6 is 0 Å². The standard InChI is InChI=1S/C22H22FN3O3/c1-14-11-15(2)26(25-14)20-8-7-16(12-18(20)23)22(27)24-19-5-3-4-6-21(19)29-17-9-10-28-13-17/h3-8,11-12,17H,9-10,13H2,1-2H3,(H,24,27). The highest BCUT2D eigenvalue weighted by Gasteiger charge is 2.20. The zero-order valence-electron chi connectivity index (χ0n) is 16.3. The lowest BCUT2D eigenvalue weighted by Crippen LogP contribution is -2.18. The second-order valence-electron chi connectivity index (χ2n) is 7.06. The third-order valence-electron chi connectivity index (χ3n) is 4.76. The smallest absolute Gasteiger partial charge is 0.255 e. The van der Waals surface area contributed by atoms with Crippen LogP contribution in [0.15, 0.2) is 48.5 Å². The van der Waals surface area contributed by atoms with Crippen LogP contribution < -0.4 is 10.1 Å². The van der Waals surface area contributed by atoms with Crippen molar-refractivity contribution in [3.63, 3.8) is 0 Å². The normalized spacial score (nSPS) is 16.0. The first-order chi connectivity index (χ1) is 14.0. The van der Waals surface area contributed by atoms with Crippen LogP contribution in [0.25, 0.3) is 5.69 Å². The van der Waals surface area contributed by atoms with Gasteiger partial charge in [-0.2, -0.15) is 5.10 Å². The summed E-state index contributed by atoms with van der Waals surface area (Å²) in [5, 5.41) is 7.10. The van der Waals surface area contributed by atoms with Gasteiger partial charge < -0.3 is 14.8 Å². The van der Waals surface area contributed by atoms with E-state index < -0.39 is 11.7 Å². The van der Waals surface area contributed by atoms with Gasteiger partial charge in [-0.25, -0.2) is 9.07 Å². The number of para-hydroxylation sites is 2. The van der Waals surface area contributed by atoms with Crippen LogP contribution in [0.5, 0.6) is 5.75 Å². The van der Waals surface area contributed by atoms with Crippen molar-refractivity contribution in [3.8, 4) is 11.4 Å². The molecule has 0 aliphatic carbocycles. The maximum absolute atomic E-state index is 14.7. The third-order valence-corrected chi connectivity index (χ3v) is 4.76. The summed E-state index contributed by atoms with van der Waals surface area (Å²) in [5.41, 5.74) is 2.67. The highest BCUT2D eigenvalue weighted by Crippen LogP contribution is 2.27. The van der Waals surface area contributed by atoms with E-state index >= 15 is 0 Å². The SMILES string of the molecule is Cc1cc(C)n(-c2ccc(C(=O)Nc3ccccc3OC3CCOC3)cc2F)n1. The summed E-state index contributed by atoms with van der Waals surface area (Å²) in [5.74, 6) is -0.366. The molecule has 4 rings (SSSR count). The molecule has 0 bridgehead atoms. The van der Waals surface area contributed by atoms with Gasteiger partial charge >= 0.3 is 0 Å². The second-order valence-corrected chi connectivity index (χ2v) is 7.06. The van der Waals surface area contributed by atoms with Gasteiger partial charge in [0.15, 0.2) is 0 Å². The Balaban J connectivity index is 1.53. The van der Waals surface area contributed by atoms with E-state index in [1.54, 1.807) is 30.3 Å². The van der Waals surface area contributed by atoms with Crippen LogP contribution in [-0.2, 0) is 4.74 Å². The number of halogens is 1. The Morgan fingerprint density at radius 2 is 2.07 bits per heavy atom. The van der Waals surface area contributed by atoms with Gasteiger partial charge in [0.05, 0.1) is 24.6 Å². The van der Waals surface area contributed by atoms with Gasteiger partial charge in [0.25, 0.3) is 5.91 Å². The quantitative estimate of drug-likeness (QED) is 0.708. The van der Waals surface area contributed by atoms with Gasteiger partial charge in [-0.1, -0.05) is 12.1 Å². The highest BCUT2D eigenvalue weighted by molar-refractivity contribution is 6.05. The van der Waals surface area contributed by atoms with E-state index in [-0.39, 0.29) is 11.7 Å². The van der Waals surface area contributed by atoms with E-state index in [0.29, 0.717) is 30.3 Å². The molecule has 0 spiro atoms. The fraction of sp³-hybridized carbons (Fsp3) is 0.273. The lowest BCUT2D eigenvalue weighted by molar-refractivity contribution is 0.102. The lowest BCUT2D eigenvalue weighted by atomic mass is 10.1. The maximum atomic E-state index is 14.7. The number of nitrogens with one attached hydrogen (secondary N) is 1. The summed E-state index contributed by atoms with van der Waals surface area (Å²) < 4.78 is 27.5. The summed E-state index contributed by atoms with van der Waals surface area (Å²) >= 11 is 0. The number of nitrogens with zero attached hydrogens (tertiary/aromatic N) is 2. The molecule has 1 N–H and O–H groups in total. The molecule has 0 radical (unpaired) electrons. The molecule has 1 saturated heterocycles. The van der Waals surface area contributed by atoms with E-state index in [1.165, 1.54) is 10.7 Å². The minimum Gasteiger partial charge on any atom is -0.486 e. The molecular weight excluding hydrogens is 373 g/mol. The average Bonchev–Trinajstić information content (AvgIpc) is 3.32. The fourth-order valence-electron chi connectivity index (χ4n) is 3.35. The minimum absolute atomic E-state index is 0.0365. The molecule has 1 atom stereocenters. The van der Waals surface area contributed by atoms with E-state index in [1.807, 2.05) is 26.0 Å². The van der Waals surface area contributed by atoms with Crippen molar-refractivity contribution in [2.45, 2.75) is 26.4 Å². The number of rotatable bonds is 5. The van der Waals surface area contributed by atoms with Crippen molar-refractivity contribution in [2.24, 2.45) is 0 Å². The largest absolute Gasteiger partial charge is 0.486 e. The average molecular weight is 395 g/mol. The van der Waals surface area contributed by atoms with Crippen LogP contribution in [0.1, 0.15) is 28.2 Å². The summed E-state index contributed by atoms with van der Waals surface area (Å²) in [6.45, 7) is 4.90. The number of aryl methyl sites for hydroxylation is 2. The van der Waals surface area contributed by atoms with Gasteiger partial charge in [-0.15, -0.1) is 0 Å². The topological polar surface area (TPSA) is 65.4 Å². The van der Waals surface area contributed by atoms with Crippen molar-refractivity contribution in [2.75, 3.05) is 18.5 Å². The molecule has 2 aromatic carbocycles. The summed E-state index contributed by atoms with van der Waals surface area (Å²) in [7, 11) is 0. The number of hydrogen-bond donors (Lipinski definition) is 1. The van der Waals surface area contributed by atoms with Gasteiger partial charge in [0, 0.05) is 17.7 Å². The molecule has 7 heteroatoms. The van der Waals surface area contributed by atoms with E-state index in [0.717, 1.165) is 17.8 Å². The molecule has 6 nitrogen and oxygen atoms in total. The lowest BCUT2D eigenvalue weighted by Gasteiger charge is -2.16. The monoisotopic (exact) mass is 395 g/mol. The third kappa shape index (κ3) is 4.14. The second kappa shape index (κ2) is 8.05. The van der Waals surface area contributed by atoms with Crippen molar-refractivity contribution >= 4 is 11.6 Å².